The Hall–Kier alpha value is -1.85. The molecule has 32 heavy (non-hydrogen) atoms. The minimum absolute atomic E-state index is 0.0313. The van der Waals surface area contributed by atoms with E-state index in [4.69, 9.17) is 14.2 Å². The first kappa shape index (κ1) is 26.4. The van der Waals surface area contributed by atoms with Gasteiger partial charge >= 0.3 is 17.9 Å². The predicted octanol–water partition coefficient (Wildman–Crippen LogP) is 5.38. The first-order valence-corrected chi connectivity index (χ1v) is 12.0. The van der Waals surface area contributed by atoms with E-state index in [1.807, 2.05) is 0 Å². The summed E-state index contributed by atoms with van der Waals surface area (Å²) in [6.45, 7) is 15.8. The molecular formula is C26H42O6. The molecule has 1 saturated carbocycles. The Labute approximate surface area is 193 Å². The van der Waals surface area contributed by atoms with Gasteiger partial charge in [-0.15, -0.1) is 0 Å². The lowest BCUT2D eigenvalue weighted by molar-refractivity contribution is -0.170. The molecule has 6 nitrogen and oxygen atoms in total. The third-order valence-corrected chi connectivity index (χ3v) is 7.94. The minimum Gasteiger partial charge on any atom is -0.466 e. The van der Waals surface area contributed by atoms with Gasteiger partial charge in [0.1, 0.15) is 12.2 Å². The molecule has 2 aliphatic rings. The van der Waals surface area contributed by atoms with Crippen molar-refractivity contribution in [3.8, 4) is 0 Å². The van der Waals surface area contributed by atoms with Crippen LogP contribution in [-0.2, 0) is 28.6 Å². The van der Waals surface area contributed by atoms with E-state index in [1.165, 1.54) is 31.9 Å². The number of fused-ring (bicyclic) bond motifs is 1. The van der Waals surface area contributed by atoms with E-state index in [9.17, 15) is 14.4 Å². The summed E-state index contributed by atoms with van der Waals surface area (Å²) < 4.78 is 16.6. The number of esters is 3. The van der Waals surface area contributed by atoms with Crippen molar-refractivity contribution < 1.29 is 28.6 Å². The van der Waals surface area contributed by atoms with E-state index < -0.39 is 0 Å². The van der Waals surface area contributed by atoms with E-state index >= 15 is 0 Å². The fourth-order valence-corrected chi connectivity index (χ4v) is 6.15. The maximum Gasteiger partial charge on any atom is 0.303 e. The molecule has 0 bridgehead atoms. The average molecular weight is 451 g/mol. The van der Waals surface area contributed by atoms with Gasteiger partial charge in [-0.2, -0.15) is 0 Å². The monoisotopic (exact) mass is 450 g/mol. The zero-order chi connectivity index (χ0) is 24.3. The average Bonchev–Trinajstić information content (AvgIpc) is 2.65. The highest BCUT2D eigenvalue weighted by Crippen LogP contribution is 2.61. The fraction of sp³-hybridized carbons (Fsp3) is 0.808. The predicted molar refractivity (Wildman–Crippen MR) is 123 cm³/mol. The van der Waals surface area contributed by atoms with Crippen LogP contribution in [0.5, 0.6) is 0 Å². The molecule has 0 aromatic heterocycles. The number of hydrogen-bond donors (Lipinski definition) is 0. The Morgan fingerprint density at radius 2 is 1.62 bits per heavy atom. The number of rotatable bonds is 8. The molecule has 0 aromatic carbocycles. The fourth-order valence-electron chi connectivity index (χ4n) is 6.15. The number of carbonyl (C=O) groups excluding carboxylic acids is 3. The SMILES string of the molecule is CC(=O)OCC[C@@H](C)CCC1=C(C)[C@@H](OC(C)=O)C[C@H]2C(C)(C)[C@@H](OC(C)=O)CC[C@]12C. The molecule has 0 unspecified atom stereocenters. The summed E-state index contributed by atoms with van der Waals surface area (Å²) in [5.74, 6) is -0.108. The summed E-state index contributed by atoms with van der Waals surface area (Å²) in [5, 5.41) is 0. The first-order chi connectivity index (χ1) is 14.8. The topological polar surface area (TPSA) is 78.9 Å². The second-order valence-electron chi connectivity index (χ2n) is 10.7. The highest BCUT2D eigenvalue weighted by atomic mass is 16.5. The van der Waals surface area contributed by atoms with Crippen LogP contribution in [0.2, 0.25) is 0 Å². The molecule has 0 N–H and O–H groups in total. The summed E-state index contributed by atoms with van der Waals surface area (Å²) in [5.41, 5.74) is 2.29. The normalized spacial score (nSPS) is 30.2. The molecule has 2 rings (SSSR count). The van der Waals surface area contributed by atoms with Crippen LogP contribution < -0.4 is 0 Å². The maximum atomic E-state index is 11.9. The molecule has 0 aromatic rings. The van der Waals surface area contributed by atoms with Crippen LogP contribution in [0.15, 0.2) is 11.1 Å². The van der Waals surface area contributed by atoms with Crippen molar-refractivity contribution in [3.63, 3.8) is 0 Å². The zero-order valence-corrected chi connectivity index (χ0v) is 21.2. The lowest BCUT2D eigenvalue weighted by Gasteiger charge is -2.58. The van der Waals surface area contributed by atoms with Crippen LogP contribution in [0.4, 0.5) is 0 Å². The molecule has 0 radical (unpaired) electrons. The maximum absolute atomic E-state index is 11.9. The third kappa shape index (κ3) is 5.93. The van der Waals surface area contributed by atoms with E-state index in [0.717, 1.165) is 38.5 Å². The van der Waals surface area contributed by atoms with Gasteiger partial charge in [-0.25, -0.2) is 0 Å². The van der Waals surface area contributed by atoms with Crippen LogP contribution in [0.25, 0.3) is 0 Å². The molecule has 0 spiro atoms. The molecular weight excluding hydrogens is 408 g/mol. The molecule has 0 saturated heterocycles. The van der Waals surface area contributed by atoms with Crippen LogP contribution in [0, 0.1) is 22.7 Å². The summed E-state index contributed by atoms with van der Waals surface area (Å²) >= 11 is 0. The smallest absolute Gasteiger partial charge is 0.303 e. The Morgan fingerprint density at radius 1 is 1.00 bits per heavy atom. The largest absolute Gasteiger partial charge is 0.466 e. The summed E-state index contributed by atoms with van der Waals surface area (Å²) in [4.78, 5) is 34.6. The van der Waals surface area contributed by atoms with Gasteiger partial charge in [-0.1, -0.05) is 33.3 Å². The van der Waals surface area contributed by atoms with Gasteiger partial charge in [0.2, 0.25) is 0 Å². The third-order valence-electron chi connectivity index (χ3n) is 7.94. The van der Waals surface area contributed by atoms with Gasteiger partial charge in [0.15, 0.2) is 0 Å². The van der Waals surface area contributed by atoms with Crippen LogP contribution in [0.3, 0.4) is 0 Å². The molecule has 182 valence electrons. The number of hydrogen-bond acceptors (Lipinski definition) is 6. The standard InChI is InChI=1S/C26H42O6/c1-16(12-14-30-18(3)27)9-10-21-17(2)22(31-19(4)28)15-23-25(6,7)24(32-20(5)29)11-13-26(21,23)8/h16,22-24H,9-15H2,1-8H3/t16-,22-,23-,24-,26+/m0/s1. The first-order valence-electron chi connectivity index (χ1n) is 12.0. The van der Waals surface area contributed by atoms with Crippen molar-refractivity contribution in [1.29, 1.82) is 0 Å². The van der Waals surface area contributed by atoms with E-state index in [0.29, 0.717) is 12.5 Å². The summed E-state index contributed by atoms with van der Waals surface area (Å²) in [7, 11) is 0. The van der Waals surface area contributed by atoms with E-state index in [-0.39, 0.29) is 46.9 Å². The Balaban J connectivity index is 2.30. The highest BCUT2D eigenvalue weighted by Gasteiger charge is 2.57. The Bertz CT molecular complexity index is 751. The molecule has 5 atom stereocenters. The number of ether oxygens (including phenoxy) is 3. The molecule has 0 aliphatic heterocycles. The van der Waals surface area contributed by atoms with Crippen molar-refractivity contribution in [2.45, 2.75) is 106 Å². The van der Waals surface area contributed by atoms with Crippen LogP contribution in [-0.4, -0.2) is 36.7 Å². The van der Waals surface area contributed by atoms with Crippen LogP contribution >= 0.6 is 0 Å². The quantitative estimate of drug-likeness (QED) is 0.281. The van der Waals surface area contributed by atoms with Gasteiger partial charge in [-0.3, -0.25) is 14.4 Å². The lowest BCUT2D eigenvalue weighted by atomic mass is 9.48. The van der Waals surface area contributed by atoms with Gasteiger partial charge in [0.05, 0.1) is 6.61 Å². The number of allylic oxidation sites excluding steroid dienone is 1. The van der Waals surface area contributed by atoms with Gasteiger partial charge in [-0.05, 0) is 68.3 Å². The summed E-state index contributed by atoms with van der Waals surface area (Å²) in [6, 6.07) is 0. The van der Waals surface area contributed by atoms with Crippen molar-refractivity contribution in [2.75, 3.05) is 6.61 Å². The van der Waals surface area contributed by atoms with Crippen molar-refractivity contribution in [2.24, 2.45) is 22.7 Å². The van der Waals surface area contributed by atoms with Gasteiger partial charge in [0.25, 0.3) is 0 Å². The van der Waals surface area contributed by atoms with Gasteiger partial charge < -0.3 is 14.2 Å². The van der Waals surface area contributed by atoms with E-state index in [2.05, 4.69) is 34.6 Å². The molecule has 0 heterocycles. The van der Waals surface area contributed by atoms with Gasteiger partial charge in [0, 0.05) is 26.2 Å². The number of carbonyl (C=O) groups is 3. The molecule has 0 amide bonds. The lowest BCUT2D eigenvalue weighted by Crippen LogP contribution is -2.55. The minimum atomic E-state index is -0.266. The molecule has 1 fully saturated rings. The molecule has 2 aliphatic carbocycles. The second-order valence-corrected chi connectivity index (χ2v) is 10.7. The Kier molecular flexibility index (Phi) is 8.57. The van der Waals surface area contributed by atoms with Crippen molar-refractivity contribution in [3.05, 3.63) is 11.1 Å². The zero-order valence-electron chi connectivity index (χ0n) is 21.2. The van der Waals surface area contributed by atoms with Crippen molar-refractivity contribution >= 4 is 17.9 Å². The second kappa shape index (κ2) is 10.4. The Morgan fingerprint density at radius 3 is 2.19 bits per heavy atom. The van der Waals surface area contributed by atoms with Crippen molar-refractivity contribution in [1.82, 2.24) is 0 Å². The van der Waals surface area contributed by atoms with E-state index in [1.54, 1.807) is 0 Å². The highest BCUT2D eigenvalue weighted by molar-refractivity contribution is 5.67. The molecule has 6 heteroatoms. The summed E-state index contributed by atoms with van der Waals surface area (Å²) in [6.07, 6.45) is 4.88. The van der Waals surface area contributed by atoms with Crippen LogP contribution in [0.1, 0.15) is 93.9 Å².